The van der Waals surface area contributed by atoms with Gasteiger partial charge in [0.15, 0.2) is 9.84 Å². The molecule has 1 aromatic rings. The molecule has 0 aliphatic carbocycles. The lowest BCUT2D eigenvalue weighted by Crippen LogP contribution is -2.29. The average molecular weight is 281 g/mol. The quantitative estimate of drug-likeness (QED) is 0.921. The summed E-state index contributed by atoms with van der Waals surface area (Å²) in [4.78, 5) is 0. The van der Waals surface area contributed by atoms with Crippen molar-refractivity contribution < 1.29 is 8.42 Å². The van der Waals surface area contributed by atoms with Crippen molar-refractivity contribution in [2.24, 2.45) is 5.92 Å². The Morgan fingerprint density at radius 3 is 2.58 bits per heavy atom. The molecule has 1 N–H and O–H groups in total. The van der Waals surface area contributed by atoms with Crippen LogP contribution < -0.4 is 5.32 Å². The van der Waals surface area contributed by atoms with Crippen LogP contribution in [-0.2, 0) is 9.84 Å². The van der Waals surface area contributed by atoms with Crippen molar-refractivity contribution in [2.45, 2.75) is 33.2 Å². The summed E-state index contributed by atoms with van der Waals surface area (Å²) >= 11 is 0. The molecule has 0 aromatic heterocycles. The van der Waals surface area contributed by atoms with E-state index in [0.29, 0.717) is 11.5 Å². The second-order valence-electron chi connectivity index (χ2n) is 5.54. The summed E-state index contributed by atoms with van der Waals surface area (Å²) in [7, 11) is -2.83. The zero-order chi connectivity index (χ0) is 14.0. The number of benzene rings is 1. The molecule has 2 atom stereocenters. The zero-order valence-corrected chi connectivity index (χ0v) is 12.8. The van der Waals surface area contributed by atoms with Crippen molar-refractivity contribution >= 4 is 9.84 Å². The first-order valence-electron chi connectivity index (χ1n) is 6.94. The number of hydrogen-bond acceptors (Lipinski definition) is 3. The minimum absolute atomic E-state index is 0.154. The van der Waals surface area contributed by atoms with E-state index < -0.39 is 9.84 Å². The van der Waals surface area contributed by atoms with E-state index in [2.05, 4.69) is 44.3 Å². The van der Waals surface area contributed by atoms with E-state index in [1.165, 1.54) is 16.7 Å². The third-order valence-corrected chi connectivity index (χ3v) is 5.85. The van der Waals surface area contributed by atoms with Gasteiger partial charge in [0, 0.05) is 6.04 Å². The molecular formula is C15H23NO2S. The molecular weight excluding hydrogens is 258 g/mol. The van der Waals surface area contributed by atoms with E-state index in [1.54, 1.807) is 0 Å². The van der Waals surface area contributed by atoms with Crippen LogP contribution in [0.1, 0.15) is 36.1 Å². The molecule has 0 radical (unpaired) electrons. The van der Waals surface area contributed by atoms with Gasteiger partial charge >= 0.3 is 0 Å². The molecule has 0 saturated carbocycles. The van der Waals surface area contributed by atoms with Gasteiger partial charge in [0.25, 0.3) is 0 Å². The largest absolute Gasteiger partial charge is 0.310 e. The Kier molecular flexibility index (Phi) is 4.31. The standard InChI is InChI=1S/C15H23NO2S/c1-4-16-15(14-7-8-19(17,18)10-14)13-6-5-11(2)12(3)9-13/h5-6,9,14-16H,4,7-8,10H2,1-3H3. The minimum atomic E-state index is -2.83. The van der Waals surface area contributed by atoms with Gasteiger partial charge in [0.1, 0.15) is 0 Å². The summed E-state index contributed by atoms with van der Waals surface area (Å²) < 4.78 is 23.3. The van der Waals surface area contributed by atoms with Crippen molar-refractivity contribution in [3.05, 3.63) is 34.9 Å². The van der Waals surface area contributed by atoms with Crippen molar-refractivity contribution in [2.75, 3.05) is 18.1 Å². The van der Waals surface area contributed by atoms with E-state index in [-0.39, 0.29) is 12.0 Å². The fraction of sp³-hybridized carbons (Fsp3) is 0.600. The Balaban J connectivity index is 2.27. The van der Waals surface area contributed by atoms with Crippen LogP contribution in [0.3, 0.4) is 0 Å². The molecule has 1 aromatic carbocycles. The molecule has 0 amide bonds. The highest BCUT2D eigenvalue weighted by Gasteiger charge is 2.34. The van der Waals surface area contributed by atoms with Gasteiger partial charge in [0.2, 0.25) is 0 Å². The van der Waals surface area contributed by atoms with E-state index in [0.717, 1.165) is 13.0 Å². The van der Waals surface area contributed by atoms with Crippen LogP contribution in [0.25, 0.3) is 0 Å². The Hall–Kier alpha value is -0.870. The maximum Gasteiger partial charge on any atom is 0.150 e. The highest BCUT2D eigenvalue weighted by molar-refractivity contribution is 7.91. The molecule has 1 fully saturated rings. The van der Waals surface area contributed by atoms with Gasteiger partial charge in [-0.25, -0.2) is 8.42 Å². The van der Waals surface area contributed by atoms with E-state index in [4.69, 9.17) is 0 Å². The van der Waals surface area contributed by atoms with Crippen LogP contribution in [0, 0.1) is 19.8 Å². The summed E-state index contributed by atoms with van der Waals surface area (Å²) in [6, 6.07) is 6.59. The fourth-order valence-corrected chi connectivity index (χ4v) is 4.66. The summed E-state index contributed by atoms with van der Waals surface area (Å²) in [6.45, 7) is 7.13. The van der Waals surface area contributed by atoms with Crippen molar-refractivity contribution in [1.82, 2.24) is 5.32 Å². The lowest BCUT2D eigenvalue weighted by molar-refractivity contribution is 0.400. The number of hydrogen-bond donors (Lipinski definition) is 1. The lowest BCUT2D eigenvalue weighted by atomic mass is 9.90. The second-order valence-corrected chi connectivity index (χ2v) is 7.77. The molecule has 1 saturated heterocycles. The zero-order valence-electron chi connectivity index (χ0n) is 11.9. The first-order chi connectivity index (χ1) is 8.93. The van der Waals surface area contributed by atoms with Gasteiger partial charge in [-0.3, -0.25) is 0 Å². The molecule has 2 rings (SSSR count). The molecule has 1 aliphatic heterocycles. The van der Waals surface area contributed by atoms with Gasteiger partial charge < -0.3 is 5.32 Å². The third kappa shape index (κ3) is 3.37. The lowest BCUT2D eigenvalue weighted by Gasteiger charge is -2.24. The molecule has 0 spiro atoms. The molecule has 4 heteroatoms. The fourth-order valence-electron chi connectivity index (χ4n) is 2.82. The van der Waals surface area contributed by atoms with Crippen LogP contribution >= 0.6 is 0 Å². The van der Waals surface area contributed by atoms with Gasteiger partial charge in [-0.15, -0.1) is 0 Å². The van der Waals surface area contributed by atoms with Gasteiger partial charge in [-0.2, -0.15) is 0 Å². The van der Waals surface area contributed by atoms with E-state index in [1.807, 2.05) is 0 Å². The first kappa shape index (κ1) is 14.5. The van der Waals surface area contributed by atoms with Crippen molar-refractivity contribution in [3.8, 4) is 0 Å². The topological polar surface area (TPSA) is 46.2 Å². The summed E-state index contributed by atoms with van der Waals surface area (Å²) in [5, 5.41) is 3.46. The number of sulfone groups is 1. The Morgan fingerprint density at radius 2 is 2.05 bits per heavy atom. The van der Waals surface area contributed by atoms with E-state index in [9.17, 15) is 8.42 Å². The molecule has 2 unspecified atom stereocenters. The summed E-state index contributed by atoms with van der Waals surface area (Å²) in [5.74, 6) is 0.856. The first-order valence-corrected chi connectivity index (χ1v) is 8.76. The number of nitrogens with one attached hydrogen (secondary N) is 1. The smallest absolute Gasteiger partial charge is 0.150 e. The van der Waals surface area contributed by atoms with Crippen LogP contribution in [-0.4, -0.2) is 26.5 Å². The van der Waals surface area contributed by atoms with Gasteiger partial charge in [-0.1, -0.05) is 25.1 Å². The molecule has 1 heterocycles. The van der Waals surface area contributed by atoms with Crippen molar-refractivity contribution in [3.63, 3.8) is 0 Å². The van der Waals surface area contributed by atoms with Crippen molar-refractivity contribution in [1.29, 1.82) is 0 Å². The van der Waals surface area contributed by atoms with Crippen LogP contribution in [0.5, 0.6) is 0 Å². The minimum Gasteiger partial charge on any atom is -0.310 e. The summed E-state index contributed by atoms with van der Waals surface area (Å²) in [5.41, 5.74) is 3.76. The Morgan fingerprint density at radius 1 is 1.32 bits per heavy atom. The highest BCUT2D eigenvalue weighted by atomic mass is 32.2. The molecule has 19 heavy (non-hydrogen) atoms. The Labute approximate surface area is 116 Å². The average Bonchev–Trinajstić information content (AvgIpc) is 2.70. The van der Waals surface area contributed by atoms with Crippen LogP contribution in [0.15, 0.2) is 18.2 Å². The molecule has 1 aliphatic rings. The number of rotatable bonds is 4. The van der Waals surface area contributed by atoms with Gasteiger partial charge in [-0.05, 0) is 49.4 Å². The third-order valence-electron chi connectivity index (χ3n) is 4.05. The van der Waals surface area contributed by atoms with E-state index >= 15 is 0 Å². The number of aryl methyl sites for hydroxylation is 2. The molecule has 3 nitrogen and oxygen atoms in total. The molecule has 106 valence electrons. The van der Waals surface area contributed by atoms with Crippen LogP contribution in [0.4, 0.5) is 0 Å². The maximum absolute atomic E-state index is 11.7. The predicted molar refractivity (Wildman–Crippen MR) is 79.1 cm³/mol. The Bertz CT molecular complexity index is 551. The second kappa shape index (κ2) is 5.63. The molecule has 0 bridgehead atoms. The summed E-state index contributed by atoms with van der Waals surface area (Å²) in [6.07, 6.45) is 0.771. The predicted octanol–water partition coefficient (Wildman–Crippen LogP) is 2.39. The maximum atomic E-state index is 11.7. The monoisotopic (exact) mass is 281 g/mol. The SMILES string of the molecule is CCNC(c1ccc(C)c(C)c1)C1CCS(=O)(=O)C1. The normalized spacial score (nSPS) is 23.4. The highest BCUT2D eigenvalue weighted by Crippen LogP contribution is 2.32. The van der Waals surface area contributed by atoms with Crippen LogP contribution in [0.2, 0.25) is 0 Å². The van der Waals surface area contributed by atoms with Gasteiger partial charge in [0.05, 0.1) is 11.5 Å².